The molecule has 5 heteroatoms. The lowest BCUT2D eigenvalue weighted by atomic mass is 10.0. The number of piperidine rings is 1. The molecule has 26 heavy (non-hydrogen) atoms. The van der Waals surface area contributed by atoms with Gasteiger partial charge in [-0.3, -0.25) is 9.78 Å². The molecule has 0 bridgehead atoms. The maximum Gasteiger partial charge on any atom is 0.267 e. The lowest BCUT2D eigenvalue weighted by Gasteiger charge is -2.33. The molecule has 4 rings (SSSR count). The van der Waals surface area contributed by atoms with Crippen LogP contribution >= 0.6 is 0 Å². The molecule has 136 valence electrons. The third-order valence-corrected chi connectivity index (χ3v) is 5.46. The molecule has 3 aromatic rings. The Hall–Kier alpha value is -2.40. The van der Waals surface area contributed by atoms with Gasteiger partial charge in [0.25, 0.3) is 5.91 Å². The summed E-state index contributed by atoms with van der Waals surface area (Å²) in [7, 11) is 0. The summed E-state index contributed by atoms with van der Waals surface area (Å²) in [5, 5.41) is 5.14. The number of rotatable bonds is 5. The quantitative estimate of drug-likeness (QED) is 0.690. The number of amides is 1. The van der Waals surface area contributed by atoms with Crippen molar-refractivity contribution in [2.45, 2.75) is 38.6 Å². The number of carbonyl (C=O) groups excluding carboxylic acids is 1. The second-order valence-corrected chi connectivity index (χ2v) is 7.28. The number of nitrogens with one attached hydrogen (secondary N) is 2. The molecule has 3 heterocycles. The molecule has 0 unspecified atom stereocenters. The number of pyridine rings is 1. The van der Waals surface area contributed by atoms with Gasteiger partial charge in [0.1, 0.15) is 5.69 Å². The SMILES string of the molecule is C[C@@H]1CCCCN1CCCNC(=O)c1cc2ccc3cccnc3c2[nH]1. The topological polar surface area (TPSA) is 61.0 Å². The van der Waals surface area contributed by atoms with E-state index in [0.29, 0.717) is 18.3 Å². The number of aromatic nitrogens is 2. The van der Waals surface area contributed by atoms with E-state index in [1.807, 2.05) is 30.3 Å². The van der Waals surface area contributed by atoms with Crippen LogP contribution in [0.1, 0.15) is 43.1 Å². The zero-order valence-electron chi connectivity index (χ0n) is 15.3. The predicted octanol–water partition coefficient (Wildman–Crippen LogP) is 3.71. The van der Waals surface area contributed by atoms with Gasteiger partial charge in [0, 0.05) is 36.1 Å². The van der Waals surface area contributed by atoms with E-state index >= 15 is 0 Å². The summed E-state index contributed by atoms with van der Waals surface area (Å²) in [6, 6.07) is 10.6. The largest absolute Gasteiger partial charge is 0.351 e. The van der Waals surface area contributed by atoms with Crippen LogP contribution in [0.5, 0.6) is 0 Å². The summed E-state index contributed by atoms with van der Waals surface area (Å²) in [4.78, 5) is 22.7. The van der Waals surface area contributed by atoms with Crippen molar-refractivity contribution in [2.75, 3.05) is 19.6 Å². The number of hydrogen-bond donors (Lipinski definition) is 2. The first-order chi connectivity index (χ1) is 12.7. The number of likely N-dealkylation sites (tertiary alicyclic amines) is 1. The molecular formula is C21H26N4O. The maximum absolute atomic E-state index is 12.5. The Bertz CT molecular complexity index is 917. The third-order valence-electron chi connectivity index (χ3n) is 5.46. The molecule has 0 radical (unpaired) electrons. The fourth-order valence-electron chi connectivity index (χ4n) is 3.93. The molecule has 1 aromatic carbocycles. The van der Waals surface area contributed by atoms with Gasteiger partial charge in [-0.2, -0.15) is 0 Å². The summed E-state index contributed by atoms with van der Waals surface area (Å²) < 4.78 is 0. The number of hydrogen-bond acceptors (Lipinski definition) is 3. The zero-order valence-corrected chi connectivity index (χ0v) is 15.3. The Morgan fingerprint density at radius 3 is 3.08 bits per heavy atom. The molecule has 1 aliphatic heterocycles. The minimum Gasteiger partial charge on any atom is -0.351 e. The Morgan fingerprint density at radius 2 is 2.19 bits per heavy atom. The van der Waals surface area contributed by atoms with Crippen LogP contribution in [-0.4, -0.2) is 46.5 Å². The van der Waals surface area contributed by atoms with Crippen molar-refractivity contribution in [3.05, 3.63) is 42.2 Å². The number of H-pyrrole nitrogens is 1. The molecule has 5 nitrogen and oxygen atoms in total. The van der Waals surface area contributed by atoms with E-state index in [1.54, 1.807) is 6.20 Å². The molecule has 0 saturated carbocycles. The monoisotopic (exact) mass is 350 g/mol. The van der Waals surface area contributed by atoms with Crippen LogP contribution < -0.4 is 5.32 Å². The standard InChI is InChI=1S/C21H26N4O/c1-15-6-2-3-12-25(15)13-5-11-23-21(26)18-14-17-9-8-16-7-4-10-22-19(16)20(17)24-18/h4,7-10,14-15,24H,2-3,5-6,11-13H2,1H3,(H,23,26)/t15-/m1/s1. The average Bonchev–Trinajstić information content (AvgIpc) is 3.11. The van der Waals surface area contributed by atoms with Crippen LogP contribution in [0.3, 0.4) is 0 Å². The molecule has 2 aromatic heterocycles. The predicted molar refractivity (Wildman–Crippen MR) is 105 cm³/mol. The average molecular weight is 350 g/mol. The number of nitrogens with zero attached hydrogens (tertiary/aromatic N) is 2. The second-order valence-electron chi connectivity index (χ2n) is 7.28. The number of aromatic amines is 1. The Kier molecular flexibility index (Phi) is 4.89. The number of carbonyl (C=O) groups is 1. The number of fused-ring (bicyclic) bond motifs is 3. The summed E-state index contributed by atoms with van der Waals surface area (Å²) in [5.41, 5.74) is 2.43. The second kappa shape index (κ2) is 7.46. The van der Waals surface area contributed by atoms with Gasteiger partial charge in [-0.05, 0) is 44.9 Å². The highest BCUT2D eigenvalue weighted by atomic mass is 16.1. The Morgan fingerprint density at radius 1 is 1.31 bits per heavy atom. The van der Waals surface area contributed by atoms with Gasteiger partial charge in [0.2, 0.25) is 0 Å². The van der Waals surface area contributed by atoms with Gasteiger partial charge in [-0.25, -0.2) is 0 Å². The first-order valence-electron chi connectivity index (χ1n) is 9.61. The van der Waals surface area contributed by atoms with Crippen molar-refractivity contribution in [3.8, 4) is 0 Å². The molecule has 2 N–H and O–H groups in total. The highest BCUT2D eigenvalue weighted by molar-refractivity contribution is 6.07. The molecule has 1 amide bonds. The first kappa shape index (κ1) is 17.0. The van der Waals surface area contributed by atoms with Gasteiger partial charge in [0.05, 0.1) is 11.0 Å². The van der Waals surface area contributed by atoms with Gasteiger partial charge in [-0.15, -0.1) is 0 Å². The number of benzene rings is 1. The zero-order chi connectivity index (χ0) is 17.9. The molecule has 1 aliphatic rings. The van der Waals surface area contributed by atoms with Crippen LogP contribution in [-0.2, 0) is 0 Å². The Balaban J connectivity index is 1.38. The van der Waals surface area contributed by atoms with Crippen molar-refractivity contribution in [1.82, 2.24) is 20.2 Å². The third kappa shape index (κ3) is 3.44. The minimum absolute atomic E-state index is 0.0445. The lowest BCUT2D eigenvalue weighted by Crippen LogP contribution is -2.39. The van der Waals surface area contributed by atoms with Gasteiger partial charge < -0.3 is 15.2 Å². The van der Waals surface area contributed by atoms with Crippen LogP contribution in [0, 0.1) is 0 Å². The summed E-state index contributed by atoms with van der Waals surface area (Å²) in [6.07, 6.45) is 6.71. The van der Waals surface area contributed by atoms with Gasteiger partial charge in [-0.1, -0.05) is 24.6 Å². The van der Waals surface area contributed by atoms with E-state index in [9.17, 15) is 4.79 Å². The van der Waals surface area contributed by atoms with Crippen LogP contribution in [0.2, 0.25) is 0 Å². The smallest absolute Gasteiger partial charge is 0.267 e. The maximum atomic E-state index is 12.5. The fourth-order valence-corrected chi connectivity index (χ4v) is 3.93. The van der Waals surface area contributed by atoms with E-state index in [4.69, 9.17) is 0 Å². The van der Waals surface area contributed by atoms with Gasteiger partial charge >= 0.3 is 0 Å². The van der Waals surface area contributed by atoms with Crippen molar-refractivity contribution >= 4 is 27.7 Å². The highest BCUT2D eigenvalue weighted by Gasteiger charge is 2.17. The molecule has 1 saturated heterocycles. The van der Waals surface area contributed by atoms with Crippen LogP contribution in [0.15, 0.2) is 36.5 Å². The van der Waals surface area contributed by atoms with Crippen molar-refractivity contribution < 1.29 is 4.79 Å². The first-order valence-corrected chi connectivity index (χ1v) is 9.61. The van der Waals surface area contributed by atoms with Crippen LogP contribution in [0.25, 0.3) is 21.8 Å². The van der Waals surface area contributed by atoms with E-state index in [1.165, 1.54) is 25.8 Å². The normalized spacial score (nSPS) is 18.4. The molecular weight excluding hydrogens is 324 g/mol. The summed E-state index contributed by atoms with van der Waals surface area (Å²) in [6.45, 7) is 5.26. The van der Waals surface area contributed by atoms with E-state index in [2.05, 4.69) is 27.1 Å². The summed E-state index contributed by atoms with van der Waals surface area (Å²) >= 11 is 0. The van der Waals surface area contributed by atoms with Gasteiger partial charge in [0.15, 0.2) is 0 Å². The van der Waals surface area contributed by atoms with E-state index < -0.39 is 0 Å². The van der Waals surface area contributed by atoms with Crippen molar-refractivity contribution in [1.29, 1.82) is 0 Å². The minimum atomic E-state index is -0.0445. The van der Waals surface area contributed by atoms with Crippen LogP contribution in [0.4, 0.5) is 0 Å². The molecule has 1 atom stereocenters. The molecule has 1 fully saturated rings. The molecule has 0 aliphatic carbocycles. The van der Waals surface area contributed by atoms with Crippen molar-refractivity contribution in [3.63, 3.8) is 0 Å². The molecule has 0 spiro atoms. The van der Waals surface area contributed by atoms with E-state index in [0.717, 1.165) is 34.8 Å². The highest BCUT2D eigenvalue weighted by Crippen LogP contribution is 2.23. The fraction of sp³-hybridized carbons (Fsp3) is 0.429. The summed E-state index contributed by atoms with van der Waals surface area (Å²) in [5.74, 6) is -0.0445. The lowest BCUT2D eigenvalue weighted by molar-refractivity contribution is 0.0945. The Labute approximate surface area is 153 Å². The van der Waals surface area contributed by atoms with Crippen molar-refractivity contribution in [2.24, 2.45) is 0 Å². The van der Waals surface area contributed by atoms with E-state index in [-0.39, 0.29) is 5.91 Å².